The molecule has 0 N–H and O–H groups in total. The first kappa shape index (κ1) is 22.2. The molecule has 0 aromatic rings. The highest BCUT2D eigenvalue weighted by molar-refractivity contribution is 5.92. The van der Waals surface area contributed by atoms with Crippen LogP contribution in [0.5, 0.6) is 0 Å². The van der Waals surface area contributed by atoms with Crippen molar-refractivity contribution >= 4 is 11.9 Å². The third kappa shape index (κ3) is 13.8. The van der Waals surface area contributed by atoms with Crippen molar-refractivity contribution in [1.82, 2.24) is 0 Å². The number of ether oxygens (including phenoxy) is 2. The van der Waals surface area contributed by atoms with Crippen molar-refractivity contribution in [2.45, 2.75) is 79.1 Å². The summed E-state index contributed by atoms with van der Waals surface area (Å²) in [5.41, 5.74) is 0. The third-order valence-corrected chi connectivity index (χ3v) is 3.36. The normalized spacial score (nSPS) is 12.5. The van der Waals surface area contributed by atoms with Gasteiger partial charge >= 0.3 is 11.9 Å². The van der Waals surface area contributed by atoms with Gasteiger partial charge in [-0.05, 0) is 51.7 Å². The first-order valence-corrected chi connectivity index (χ1v) is 8.94. The Hall–Kier alpha value is -1.84. The van der Waals surface area contributed by atoms with Crippen LogP contribution in [-0.4, -0.2) is 11.9 Å². The van der Waals surface area contributed by atoms with Gasteiger partial charge in [0.15, 0.2) is 0 Å². The maximum absolute atomic E-state index is 11.6. The molecule has 0 atom stereocenters. The minimum absolute atomic E-state index is 0.557. The van der Waals surface area contributed by atoms with Gasteiger partial charge < -0.3 is 9.47 Å². The van der Waals surface area contributed by atoms with E-state index >= 15 is 0 Å². The molecule has 0 saturated heterocycles. The van der Waals surface area contributed by atoms with Crippen molar-refractivity contribution in [3.63, 3.8) is 0 Å². The monoisotopic (exact) mass is 336 g/mol. The van der Waals surface area contributed by atoms with Crippen LogP contribution < -0.4 is 0 Å². The molecule has 4 heteroatoms. The molecule has 0 fully saturated rings. The molecule has 0 rings (SSSR count). The van der Waals surface area contributed by atoms with Gasteiger partial charge in [-0.3, -0.25) is 0 Å². The summed E-state index contributed by atoms with van der Waals surface area (Å²) in [5, 5.41) is 0. The number of allylic oxidation sites excluding steroid dienone is 4. The molecule has 0 amide bonds. The van der Waals surface area contributed by atoms with Gasteiger partial charge in [0.05, 0.1) is 0 Å². The summed E-state index contributed by atoms with van der Waals surface area (Å²) in [5.74, 6) is -0.0243. The van der Waals surface area contributed by atoms with Gasteiger partial charge in [-0.25, -0.2) is 9.59 Å². The van der Waals surface area contributed by atoms with Crippen molar-refractivity contribution in [2.75, 3.05) is 0 Å². The summed E-state index contributed by atoms with van der Waals surface area (Å²) in [6.45, 7) is 7.75. The van der Waals surface area contributed by atoms with E-state index in [-0.39, 0.29) is 0 Å². The van der Waals surface area contributed by atoms with Crippen LogP contribution in [-0.2, 0) is 19.1 Å². The van der Waals surface area contributed by atoms with E-state index < -0.39 is 11.9 Å². The second-order valence-corrected chi connectivity index (χ2v) is 5.80. The Morgan fingerprint density at radius 1 is 0.708 bits per heavy atom. The van der Waals surface area contributed by atoms with E-state index in [9.17, 15) is 9.59 Å². The van der Waals surface area contributed by atoms with Gasteiger partial charge in [-0.15, -0.1) is 0 Å². The molecule has 136 valence electrons. The molecule has 0 aliphatic heterocycles. The van der Waals surface area contributed by atoms with Gasteiger partial charge in [-0.1, -0.05) is 39.5 Å². The van der Waals surface area contributed by atoms with E-state index in [2.05, 4.69) is 13.8 Å². The van der Waals surface area contributed by atoms with E-state index in [1.807, 2.05) is 12.2 Å². The van der Waals surface area contributed by atoms with Crippen LogP contribution in [0.1, 0.15) is 79.1 Å². The van der Waals surface area contributed by atoms with Crippen LogP contribution in [0.2, 0.25) is 0 Å². The second-order valence-electron chi connectivity index (χ2n) is 5.80. The Morgan fingerprint density at radius 3 is 1.42 bits per heavy atom. The minimum Gasteiger partial charge on any atom is -0.429 e. The van der Waals surface area contributed by atoms with Crippen molar-refractivity contribution < 1.29 is 19.1 Å². The third-order valence-electron chi connectivity index (χ3n) is 3.36. The molecular weight excluding hydrogens is 304 g/mol. The molecule has 0 bridgehead atoms. The maximum Gasteiger partial charge on any atom is 0.336 e. The molecule has 0 spiro atoms. The standard InChI is InChI=1S/C20H32O4/c1-5-7-9-11-13-17(3)23-19(21)15-16-20(22)24-18(4)14-12-10-8-6-2/h13-16H,5-12H2,1-4H3/b16-15-,17-13?,18-14?. The smallest absolute Gasteiger partial charge is 0.336 e. The number of unbranched alkanes of at least 4 members (excludes halogenated alkanes) is 6. The summed E-state index contributed by atoms with van der Waals surface area (Å²) >= 11 is 0. The van der Waals surface area contributed by atoms with Gasteiger partial charge in [0.2, 0.25) is 0 Å². The zero-order valence-corrected chi connectivity index (χ0v) is 15.6. The topological polar surface area (TPSA) is 52.6 Å². The zero-order chi connectivity index (χ0) is 18.2. The Balaban J connectivity index is 4.13. The van der Waals surface area contributed by atoms with Crippen molar-refractivity contribution in [1.29, 1.82) is 0 Å². The van der Waals surface area contributed by atoms with Crippen LogP contribution in [0, 0.1) is 0 Å². The van der Waals surface area contributed by atoms with E-state index in [0.29, 0.717) is 11.5 Å². The van der Waals surface area contributed by atoms with E-state index in [1.165, 1.54) is 0 Å². The highest BCUT2D eigenvalue weighted by atomic mass is 16.5. The first-order valence-electron chi connectivity index (χ1n) is 8.94. The minimum atomic E-state index is -0.569. The van der Waals surface area contributed by atoms with Crippen LogP contribution in [0.3, 0.4) is 0 Å². The Kier molecular flexibility index (Phi) is 13.6. The average Bonchev–Trinajstić information content (AvgIpc) is 2.54. The van der Waals surface area contributed by atoms with Gasteiger partial charge in [0, 0.05) is 12.2 Å². The summed E-state index contributed by atoms with van der Waals surface area (Å²) in [6.07, 6.45) is 14.5. The first-order chi connectivity index (χ1) is 11.5. The van der Waals surface area contributed by atoms with E-state index in [0.717, 1.165) is 63.5 Å². The average molecular weight is 336 g/mol. The molecule has 0 aliphatic rings. The number of carbonyl (C=O) groups excluding carboxylic acids is 2. The lowest BCUT2D eigenvalue weighted by atomic mass is 10.2. The molecule has 0 saturated carbocycles. The molecule has 0 heterocycles. The molecule has 0 unspecified atom stereocenters. The lowest BCUT2D eigenvalue weighted by molar-refractivity contribution is -0.136. The van der Waals surface area contributed by atoms with Crippen LogP contribution in [0.25, 0.3) is 0 Å². The van der Waals surface area contributed by atoms with Gasteiger partial charge in [0.1, 0.15) is 11.5 Å². The lowest BCUT2D eigenvalue weighted by Crippen LogP contribution is -2.03. The van der Waals surface area contributed by atoms with E-state index in [4.69, 9.17) is 9.47 Å². The van der Waals surface area contributed by atoms with Crippen LogP contribution in [0.15, 0.2) is 35.8 Å². The fraction of sp³-hybridized carbons (Fsp3) is 0.600. The number of hydrogen-bond acceptors (Lipinski definition) is 4. The zero-order valence-electron chi connectivity index (χ0n) is 15.6. The van der Waals surface area contributed by atoms with Crippen molar-refractivity contribution in [2.24, 2.45) is 0 Å². The number of rotatable bonds is 12. The highest BCUT2D eigenvalue weighted by Gasteiger charge is 2.03. The van der Waals surface area contributed by atoms with E-state index in [1.54, 1.807) is 13.8 Å². The Morgan fingerprint density at radius 2 is 1.08 bits per heavy atom. The fourth-order valence-electron chi connectivity index (χ4n) is 2.00. The quantitative estimate of drug-likeness (QED) is 0.201. The molecular formula is C20H32O4. The second kappa shape index (κ2) is 14.7. The Labute approximate surface area is 146 Å². The molecule has 0 radical (unpaired) electrons. The predicted molar refractivity (Wildman–Crippen MR) is 97.1 cm³/mol. The summed E-state index contributed by atoms with van der Waals surface area (Å²) in [6, 6.07) is 0. The highest BCUT2D eigenvalue weighted by Crippen LogP contribution is 2.06. The number of carbonyl (C=O) groups is 2. The molecule has 0 aliphatic carbocycles. The summed E-state index contributed by atoms with van der Waals surface area (Å²) in [7, 11) is 0. The van der Waals surface area contributed by atoms with Crippen LogP contribution in [0.4, 0.5) is 0 Å². The molecule has 0 aromatic heterocycles. The van der Waals surface area contributed by atoms with Crippen LogP contribution >= 0.6 is 0 Å². The summed E-state index contributed by atoms with van der Waals surface area (Å²) < 4.78 is 10.2. The molecule has 24 heavy (non-hydrogen) atoms. The fourth-order valence-corrected chi connectivity index (χ4v) is 2.00. The summed E-state index contributed by atoms with van der Waals surface area (Å²) in [4.78, 5) is 23.2. The van der Waals surface area contributed by atoms with Crippen molar-refractivity contribution in [3.8, 4) is 0 Å². The van der Waals surface area contributed by atoms with Crippen molar-refractivity contribution in [3.05, 3.63) is 35.8 Å². The molecule has 0 aromatic carbocycles. The Bertz CT molecular complexity index is 416. The number of hydrogen-bond donors (Lipinski definition) is 0. The SMILES string of the molecule is CCCCCC=C(C)OC(=O)/C=C\C(=O)OC(C)=CCCCCC. The predicted octanol–water partition coefficient (Wildman–Crippen LogP) is 5.60. The molecule has 4 nitrogen and oxygen atoms in total. The largest absolute Gasteiger partial charge is 0.429 e. The maximum atomic E-state index is 11.6. The number of esters is 2. The lowest BCUT2D eigenvalue weighted by Gasteiger charge is -2.02. The van der Waals surface area contributed by atoms with Gasteiger partial charge in [0.25, 0.3) is 0 Å². The van der Waals surface area contributed by atoms with Gasteiger partial charge in [-0.2, -0.15) is 0 Å².